The molecule has 0 spiro atoms. The molecule has 0 aliphatic carbocycles. The maximum atomic E-state index is 6.31. The summed E-state index contributed by atoms with van der Waals surface area (Å²) in [7, 11) is 4.19. The van der Waals surface area contributed by atoms with E-state index < -0.39 is 0 Å². The van der Waals surface area contributed by atoms with Gasteiger partial charge in [-0.25, -0.2) is 0 Å². The van der Waals surface area contributed by atoms with Gasteiger partial charge in [0, 0.05) is 35.9 Å². The van der Waals surface area contributed by atoms with Crippen LogP contribution in [0.2, 0.25) is 5.02 Å². The Kier molecular flexibility index (Phi) is 6.89. The number of aromatic nitrogens is 2. The Morgan fingerprint density at radius 2 is 1.75 bits per heavy atom. The fourth-order valence-electron chi connectivity index (χ4n) is 3.47. The molecule has 1 heterocycles. The highest BCUT2D eigenvalue weighted by molar-refractivity contribution is 6.31. The Hall–Kier alpha value is -2.14. The molecule has 2 aromatic carbocycles. The van der Waals surface area contributed by atoms with Crippen LogP contribution in [0.5, 0.6) is 0 Å². The van der Waals surface area contributed by atoms with Crippen molar-refractivity contribution in [2.24, 2.45) is 0 Å². The van der Waals surface area contributed by atoms with Crippen LogP contribution in [-0.2, 0) is 26.2 Å². The van der Waals surface area contributed by atoms with Gasteiger partial charge in [-0.15, -0.1) is 0 Å². The molecule has 28 heavy (non-hydrogen) atoms. The number of benzene rings is 2. The summed E-state index contributed by atoms with van der Waals surface area (Å²) in [5.41, 5.74) is 7.25. The van der Waals surface area contributed by atoms with E-state index in [4.69, 9.17) is 16.7 Å². The fraction of sp³-hybridized carbons (Fsp3) is 0.348. The smallest absolute Gasteiger partial charge is 0.0677 e. The monoisotopic (exact) mass is 396 g/mol. The zero-order chi connectivity index (χ0) is 20.1. The summed E-state index contributed by atoms with van der Waals surface area (Å²) in [6, 6.07) is 16.7. The largest absolute Gasteiger partial charge is 0.308 e. The number of halogens is 1. The minimum atomic E-state index is 0.693. The standard InChI is InChI=1S/C23H29ClN4/c1-17-22(14-25-13-19-8-7-9-20(12-19)15-27(3)4)18(2)28(26-17)16-21-10-5-6-11-23(21)24/h5-12,25H,13-16H2,1-4H3. The molecule has 4 nitrogen and oxygen atoms in total. The molecule has 1 aromatic heterocycles. The normalized spacial score (nSPS) is 11.4. The number of rotatable bonds is 8. The van der Waals surface area contributed by atoms with Crippen LogP contribution in [0.25, 0.3) is 0 Å². The molecule has 0 atom stereocenters. The maximum absolute atomic E-state index is 6.31. The second kappa shape index (κ2) is 9.37. The Balaban J connectivity index is 1.64. The van der Waals surface area contributed by atoms with Crippen molar-refractivity contribution in [2.75, 3.05) is 14.1 Å². The van der Waals surface area contributed by atoms with Gasteiger partial charge >= 0.3 is 0 Å². The third-order valence-electron chi connectivity index (χ3n) is 4.93. The molecule has 0 saturated carbocycles. The number of aryl methyl sites for hydroxylation is 1. The summed E-state index contributed by atoms with van der Waals surface area (Å²) in [6.45, 7) is 7.50. The van der Waals surface area contributed by atoms with Crippen molar-refractivity contribution >= 4 is 11.6 Å². The summed E-state index contributed by atoms with van der Waals surface area (Å²) < 4.78 is 2.05. The molecular weight excluding hydrogens is 368 g/mol. The quantitative estimate of drug-likeness (QED) is 0.606. The molecule has 5 heteroatoms. The van der Waals surface area contributed by atoms with Crippen molar-refractivity contribution in [1.29, 1.82) is 0 Å². The van der Waals surface area contributed by atoms with Gasteiger partial charge in [-0.3, -0.25) is 4.68 Å². The topological polar surface area (TPSA) is 33.1 Å². The second-order valence-corrected chi connectivity index (χ2v) is 7.97. The minimum absolute atomic E-state index is 0.693. The Bertz CT molecular complexity index is 930. The summed E-state index contributed by atoms with van der Waals surface area (Å²) in [4.78, 5) is 2.19. The van der Waals surface area contributed by atoms with Crippen LogP contribution in [0.3, 0.4) is 0 Å². The second-order valence-electron chi connectivity index (χ2n) is 7.56. The Morgan fingerprint density at radius 3 is 2.50 bits per heavy atom. The predicted octanol–water partition coefficient (Wildman–Crippen LogP) is 4.55. The summed E-state index contributed by atoms with van der Waals surface area (Å²) >= 11 is 6.31. The minimum Gasteiger partial charge on any atom is -0.308 e. The molecule has 0 radical (unpaired) electrons. The van der Waals surface area contributed by atoms with Crippen LogP contribution < -0.4 is 5.32 Å². The van der Waals surface area contributed by atoms with Crippen molar-refractivity contribution < 1.29 is 0 Å². The maximum Gasteiger partial charge on any atom is 0.0677 e. The molecule has 3 aromatic rings. The van der Waals surface area contributed by atoms with E-state index in [0.717, 1.165) is 35.9 Å². The van der Waals surface area contributed by atoms with Crippen LogP contribution in [0, 0.1) is 13.8 Å². The molecule has 0 unspecified atom stereocenters. The molecule has 0 fully saturated rings. The van der Waals surface area contributed by atoms with Gasteiger partial charge in [0.15, 0.2) is 0 Å². The van der Waals surface area contributed by atoms with Gasteiger partial charge in [0.25, 0.3) is 0 Å². The zero-order valence-corrected chi connectivity index (χ0v) is 17.9. The van der Waals surface area contributed by atoms with Crippen molar-refractivity contribution in [2.45, 2.75) is 40.0 Å². The highest BCUT2D eigenvalue weighted by Gasteiger charge is 2.12. The lowest BCUT2D eigenvalue weighted by Gasteiger charge is -2.11. The SMILES string of the molecule is Cc1nn(Cc2ccccc2Cl)c(C)c1CNCc1cccc(CN(C)C)c1. The van der Waals surface area contributed by atoms with Crippen LogP contribution in [0.4, 0.5) is 0 Å². The van der Waals surface area contributed by atoms with Crippen LogP contribution in [-0.4, -0.2) is 28.8 Å². The Labute approximate surface area is 173 Å². The van der Waals surface area contributed by atoms with Gasteiger partial charge < -0.3 is 10.2 Å². The molecule has 0 aliphatic rings. The molecular formula is C23H29ClN4. The molecule has 0 bridgehead atoms. The average Bonchev–Trinajstić information content (AvgIpc) is 2.91. The van der Waals surface area contributed by atoms with Crippen LogP contribution in [0.1, 0.15) is 33.6 Å². The summed E-state index contributed by atoms with van der Waals surface area (Å²) in [5.74, 6) is 0. The van der Waals surface area contributed by atoms with E-state index in [1.54, 1.807) is 0 Å². The number of nitrogens with one attached hydrogen (secondary N) is 1. The third-order valence-corrected chi connectivity index (χ3v) is 5.30. The van der Waals surface area contributed by atoms with Crippen molar-refractivity contribution in [3.8, 4) is 0 Å². The lowest BCUT2D eigenvalue weighted by molar-refractivity contribution is 0.402. The van der Waals surface area contributed by atoms with Gasteiger partial charge in [-0.05, 0) is 50.7 Å². The van der Waals surface area contributed by atoms with Crippen molar-refractivity contribution in [3.63, 3.8) is 0 Å². The first-order valence-electron chi connectivity index (χ1n) is 9.63. The van der Waals surface area contributed by atoms with Gasteiger partial charge in [0.1, 0.15) is 0 Å². The van der Waals surface area contributed by atoms with E-state index in [1.807, 2.05) is 22.9 Å². The number of hydrogen-bond acceptors (Lipinski definition) is 3. The van der Waals surface area contributed by atoms with E-state index in [-0.39, 0.29) is 0 Å². The first-order chi connectivity index (χ1) is 13.4. The molecule has 1 N–H and O–H groups in total. The van der Waals surface area contributed by atoms with E-state index >= 15 is 0 Å². The lowest BCUT2D eigenvalue weighted by Crippen LogP contribution is -2.15. The van der Waals surface area contributed by atoms with Gasteiger partial charge in [-0.1, -0.05) is 54.1 Å². The number of hydrogen-bond donors (Lipinski definition) is 1. The molecule has 148 valence electrons. The van der Waals surface area contributed by atoms with E-state index in [9.17, 15) is 0 Å². The van der Waals surface area contributed by atoms with Crippen LogP contribution >= 0.6 is 11.6 Å². The highest BCUT2D eigenvalue weighted by atomic mass is 35.5. The van der Waals surface area contributed by atoms with E-state index in [0.29, 0.717) is 6.54 Å². The van der Waals surface area contributed by atoms with E-state index in [2.05, 4.69) is 68.5 Å². The highest BCUT2D eigenvalue weighted by Crippen LogP contribution is 2.19. The van der Waals surface area contributed by atoms with Crippen molar-refractivity contribution in [1.82, 2.24) is 20.0 Å². The Morgan fingerprint density at radius 1 is 1.00 bits per heavy atom. The fourth-order valence-corrected chi connectivity index (χ4v) is 3.66. The third kappa shape index (κ3) is 5.22. The predicted molar refractivity (Wildman–Crippen MR) is 117 cm³/mol. The molecule has 3 rings (SSSR count). The lowest BCUT2D eigenvalue weighted by atomic mass is 10.1. The summed E-state index contributed by atoms with van der Waals surface area (Å²) in [6.07, 6.45) is 0. The number of nitrogens with zero attached hydrogens (tertiary/aromatic N) is 3. The molecule has 0 saturated heterocycles. The summed E-state index contributed by atoms with van der Waals surface area (Å²) in [5, 5.41) is 9.09. The first-order valence-corrected chi connectivity index (χ1v) is 10.0. The molecule has 0 amide bonds. The van der Waals surface area contributed by atoms with Gasteiger partial charge in [-0.2, -0.15) is 5.10 Å². The zero-order valence-electron chi connectivity index (χ0n) is 17.2. The average molecular weight is 397 g/mol. The van der Waals surface area contributed by atoms with Crippen molar-refractivity contribution in [3.05, 3.63) is 87.2 Å². The first kappa shape index (κ1) is 20.6. The van der Waals surface area contributed by atoms with Crippen LogP contribution in [0.15, 0.2) is 48.5 Å². The van der Waals surface area contributed by atoms with Gasteiger partial charge in [0.05, 0.1) is 12.2 Å². The van der Waals surface area contributed by atoms with Gasteiger partial charge in [0.2, 0.25) is 0 Å². The van der Waals surface area contributed by atoms with E-state index in [1.165, 1.54) is 22.4 Å². The molecule has 0 aliphatic heterocycles.